The van der Waals surface area contributed by atoms with Crippen LogP contribution in [0.2, 0.25) is 0 Å². The number of fused-ring (bicyclic) bond motifs is 1. The van der Waals surface area contributed by atoms with Crippen molar-refractivity contribution < 1.29 is 4.79 Å². The Balaban J connectivity index is 1.73. The van der Waals surface area contributed by atoms with Crippen LogP contribution in [0.15, 0.2) is 49.1 Å². The van der Waals surface area contributed by atoms with Crippen molar-refractivity contribution in [3.8, 4) is 0 Å². The van der Waals surface area contributed by atoms with Gasteiger partial charge in [-0.15, -0.1) is 0 Å². The predicted octanol–water partition coefficient (Wildman–Crippen LogP) is 2.77. The third-order valence-electron chi connectivity index (χ3n) is 4.70. The fourth-order valence-electron chi connectivity index (χ4n) is 3.51. The van der Waals surface area contributed by atoms with E-state index in [9.17, 15) is 4.79 Å². The van der Waals surface area contributed by atoms with E-state index in [0.717, 1.165) is 36.4 Å². The summed E-state index contributed by atoms with van der Waals surface area (Å²) in [5.41, 5.74) is 2.63. The summed E-state index contributed by atoms with van der Waals surface area (Å²) in [6.07, 6.45) is 9.30. The summed E-state index contributed by atoms with van der Waals surface area (Å²) in [5.74, 6) is 0.944. The Morgan fingerprint density at radius 1 is 1.28 bits per heavy atom. The fourth-order valence-corrected chi connectivity index (χ4v) is 3.51. The monoisotopic (exact) mass is 335 g/mol. The van der Waals surface area contributed by atoms with Crippen LogP contribution in [0.1, 0.15) is 34.9 Å². The first-order valence-corrected chi connectivity index (χ1v) is 8.51. The van der Waals surface area contributed by atoms with Gasteiger partial charge in [0.1, 0.15) is 0 Å². The highest BCUT2D eigenvalue weighted by molar-refractivity contribution is 5.94. The SMILES string of the molecule is CN(C)c1nc(C2CCCN2C(=O)c2cccnc2)cn2cccc12. The average molecular weight is 335 g/mol. The topological polar surface area (TPSA) is 53.7 Å². The number of carbonyl (C=O) groups excluding carboxylic acids is 1. The zero-order valence-electron chi connectivity index (χ0n) is 14.5. The molecule has 0 aliphatic carbocycles. The van der Waals surface area contributed by atoms with Crippen molar-refractivity contribution in [2.24, 2.45) is 0 Å². The number of anilines is 1. The van der Waals surface area contributed by atoms with E-state index in [2.05, 4.69) is 15.5 Å². The molecule has 128 valence electrons. The van der Waals surface area contributed by atoms with Gasteiger partial charge in [0.05, 0.1) is 22.8 Å². The molecule has 6 nitrogen and oxygen atoms in total. The van der Waals surface area contributed by atoms with Crippen LogP contribution in [0, 0.1) is 0 Å². The largest absolute Gasteiger partial charge is 0.361 e. The van der Waals surface area contributed by atoms with Gasteiger partial charge in [-0.25, -0.2) is 4.98 Å². The third-order valence-corrected chi connectivity index (χ3v) is 4.70. The molecular weight excluding hydrogens is 314 g/mol. The second kappa shape index (κ2) is 6.20. The lowest BCUT2D eigenvalue weighted by Crippen LogP contribution is -2.31. The first kappa shape index (κ1) is 15.6. The fraction of sp³-hybridized carbons (Fsp3) is 0.316. The van der Waals surface area contributed by atoms with Gasteiger partial charge < -0.3 is 14.2 Å². The molecule has 25 heavy (non-hydrogen) atoms. The van der Waals surface area contributed by atoms with Crippen molar-refractivity contribution in [2.45, 2.75) is 18.9 Å². The van der Waals surface area contributed by atoms with Crippen molar-refractivity contribution in [2.75, 3.05) is 25.5 Å². The summed E-state index contributed by atoms with van der Waals surface area (Å²) in [6, 6.07) is 7.68. The molecule has 0 spiro atoms. The Labute approximate surface area is 146 Å². The van der Waals surface area contributed by atoms with Crippen molar-refractivity contribution in [1.29, 1.82) is 0 Å². The number of likely N-dealkylation sites (tertiary alicyclic amines) is 1. The van der Waals surface area contributed by atoms with Crippen molar-refractivity contribution in [3.05, 3.63) is 60.3 Å². The lowest BCUT2D eigenvalue weighted by atomic mass is 10.1. The molecule has 0 bridgehead atoms. The molecule has 3 aromatic rings. The maximum Gasteiger partial charge on any atom is 0.255 e. The summed E-state index contributed by atoms with van der Waals surface area (Å²) in [6.45, 7) is 0.751. The number of aromatic nitrogens is 3. The van der Waals surface area contributed by atoms with E-state index in [4.69, 9.17) is 4.98 Å². The molecule has 1 unspecified atom stereocenters. The molecule has 4 heterocycles. The van der Waals surface area contributed by atoms with Gasteiger partial charge in [-0.2, -0.15) is 0 Å². The Bertz CT molecular complexity index is 903. The zero-order valence-corrected chi connectivity index (χ0v) is 14.5. The van der Waals surface area contributed by atoms with Gasteiger partial charge in [0, 0.05) is 45.4 Å². The lowest BCUT2D eigenvalue weighted by Gasteiger charge is -2.25. The van der Waals surface area contributed by atoms with E-state index in [1.807, 2.05) is 48.4 Å². The van der Waals surface area contributed by atoms with Crippen LogP contribution in [0.4, 0.5) is 5.82 Å². The van der Waals surface area contributed by atoms with Crippen molar-refractivity contribution in [3.63, 3.8) is 0 Å². The minimum Gasteiger partial charge on any atom is -0.361 e. The number of hydrogen-bond donors (Lipinski definition) is 0. The quantitative estimate of drug-likeness (QED) is 0.738. The van der Waals surface area contributed by atoms with Crippen molar-refractivity contribution in [1.82, 2.24) is 19.3 Å². The smallest absolute Gasteiger partial charge is 0.255 e. The molecule has 0 radical (unpaired) electrons. The third kappa shape index (κ3) is 2.73. The lowest BCUT2D eigenvalue weighted by molar-refractivity contribution is 0.0732. The number of rotatable bonds is 3. The van der Waals surface area contributed by atoms with E-state index >= 15 is 0 Å². The second-order valence-corrected chi connectivity index (χ2v) is 6.58. The molecule has 1 aliphatic rings. The van der Waals surface area contributed by atoms with Crippen LogP contribution in [-0.2, 0) is 0 Å². The minimum atomic E-state index is -0.00166. The van der Waals surface area contributed by atoms with Crippen molar-refractivity contribution >= 4 is 17.2 Å². The van der Waals surface area contributed by atoms with Crippen LogP contribution >= 0.6 is 0 Å². The highest BCUT2D eigenvalue weighted by atomic mass is 16.2. The van der Waals surface area contributed by atoms with Crippen LogP contribution < -0.4 is 4.90 Å². The first-order valence-electron chi connectivity index (χ1n) is 8.51. The van der Waals surface area contributed by atoms with Gasteiger partial charge in [-0.1, -0.05) is 0 Å². The van der Waals surface area contributed by atoms with Gasteiger partial charge in [0.15, 0.2) is 5.82 Å². The summed E-state index contributed by atoms with van der Waals surface area (Å²) < 4.78 is 2.09. The molecule has 1 fully saturated rings. The van der Waals surface area contributed by atoms with E-state index in [0.29, 0.717) is 5.56 Å². The Morgan fingerprint density at radius 3 is 2.92 bits per heavy atom. The summed E-state index contributed by atoms with van der Waals surface area (Å²) >= 11 is 0. The van der Waals surface area contributed by atoms with E-state index in [1.165, 1.54) is 0 Å². The molecule has 1 atom stereocenters. The molecule has 1 aliphatic heterocycles. The summed E-state index contributed by atoms with van der Waals surface area (Å²) in [4.78, 5) is 25.8. The molecule has 0 aromatic carbocycles. The molecule has 4 rings (SSSR count). The zero-order chi connectivity index (χ0) is 17.4. The minimum absolute atomic E-state index is 0.00166. The molecule has 1 saturated heterocycles. The number of pyridine rings is 1. The number of amides is 1. The van der Waals surface area contributed by atoms with Gasteiger partial charge in [0.25, 0.3) is 5.91 Å². The van der Waals surface area contributed by atoms with Crippen LogP contribution in [0.25, 0.3) is 5.52 Å². The van der Waals surface area contributed by atoms with E-state index in [1.54, 1.807) is 18.5 Å². The van der Waals surface area contributed by atoms with Gasteiger partial charge in [-0.3, -0.25) is 9.78 Å². The highest BCUT2D eigenvalue weighted by Crippen LogP contribution is 2.33. The molecule has 0 saturated carbocycles. The summed E-state index contributed by atoms with van der Waals surface area (Å²) in [5, 5.41) is 0. The molecule has 0 N–H and O–H groups in total. The summed E-state index contributed by atoms with van der Waals surface area (Å²) in [7, 11) is 3.98. The molecule has 6 heteroatoms. The number of carbonyl (C=O) groups is 1. The van der Waals surface area contributed by atoms with E-state index in [-0.39, 0.29) is 11.9 Å². The molecule has 3 aromatic heterocycles. The first-order chi connectivity index (χ1) is 12.1. The molecule has 1 amide bonds. The van der Waals surface area contributed by atoms with Crippen LogP contribution in [0.3, 0.4) is 0 Å². The maximum atomic E-state index is 12.9. The van der Waals surface area contributed by atoms with Gasteiger partial charge >= 0.3 is 0 Å². The normalized spacial score (nSPS) is 17.2. The Hall–Kier alpha value is -2.89. The predicted molar refractivity (Wildman–Crippen MR) is 96.8 cm³/mol. The Morgan fingerprint density at radius 2 is 2.16 bits per heavy atom. The second-order valence-electron chi connectivity index (χ2n) is 6.58. The average Bonchev–Trinajstić information content (AvgIpc) is 3.29. The van der Waals surface area contributed by atoms with Gasteiger partial charge in [-0.05, 0) is 37.1 Å². The van der Waals surface area contributed by atoms with Crippen LogP contribution in [-0.4, -0.2) is 45.8 Å². The van der Waals surface area contributed by atoms with Gasteiger partial charge in [0.2, 0.25) is 0 Å². The van der Waals surface area contributed by atoms with Crippen LogP contribution in [0.5, 0.6) is 0 Å². The number of nitrogens with zero attached hydrogens (tertiary/aromatic N) is 5. The maximum absolute atomic E-state index is 12.9. The molecular formula is C19H21N5O. The Kier molecular flexibility index (Phi) is 3.87. The number of hydrogen-bond acceptors (Lipinski definition) is 4. The standard InChI is InChI=1S/C19H21N5O/c1-22(2)18-17-8-4-10-23(17)13-15(21-18)16-7-5-11-24(16)19(25)14-6-3-9-20-12-14/h3-4,6,8-10,12-13,16H,5,7,11H2,1-2H3. The highest BCUT2D eigenvalue weighted by Gasteiger charge is 2.32. The van der Waals surface area contributed by atoms with E-state index < -0.39 is 0 Å².